The standard InChI is InChI=1S/C15H14N4S/c16-6-1-13-14(11-2-7-17-8-3-11)19-15(20-13)12-4-9-18-10-5-12/h2-5,7-10H,1,6,16H2. The maximum atomic E-state index is 5.71. The smallest absolute Gasteiger partial charge is 0.124 e. The average Bonchev–Trinajstić information content (AvgIpc) is 2.94. The lowest BCUT2D eigenvalue weighted by Gasteiger charge is -1.99. The van der Waals surface area contributed by atoms with Crippen molar-refractivity contribution in [1.29, 1.82) is 0 Å². The summed E-state index contributed by atoms with van der Waals surface area (Å²) in [6, 6.07) is 7.90. The number of nitrogens with two attached hydrogens (primary N) is 1. The largest absolute Gasteiger partial charge is 0.330 e. The molecule has 100 valence electrons. The molecule has 0 aliphatic carbocycles. The molecule has 0 atom stereocenters. The first kappa shape index (κ1) is 12.9. The van der Waals surface area contributed by atoms with Crippen LogP contribution in [0.25, 0.3) is 21.8 Å². The molecule has 4 nitrogen and oxygen atoms in total. The summed E-state index contributed by atoms with van der Waals surface area (Å²) in [6.45, 7) is 0.621. The van der Waals surface area contributed by atoms with Crippen LogP contribution in [-0.2, 0) is 6.42 Å². The summed E-state index contributed by atoms with van der Waals surface area (Å²) in [4.78, 5) is 14.1. The number of thiazole rings is 1. The second kappa shape index (κ2) is 5.90. The first-order valence-corrected chi connectivity index (χ1v) is 7.20. The molecule has 5 heteroatoms. The lowest BCUT2D eigenvalue weighted by Crippen LogP contribution is -2.02. The van der Waals surface area contributed by atoms with Gasteiger partial charge in [-0.2, -0.15) is 0 Å². The number of pyridine rings is 2. The van der Waals surface area contributed by atoms with Crippen LogP contribution in [0.1, 0.15) is 4.88 Å². The van der Waals surface area contributed by atoms with Crippen LogP contribution in [0.2, 0.25) is 0 Å². The quantitative estimate of drug-likeness (QED) is 0.799. The zero-order valence-corrected chi connectivity index (χ0v) is 11.7. The third-order valence-electron chi connectivity index (χ3n) is 2.95. The number of hydrogen-bond donors (Lipinski definition) is 1. The summed E-state index contributed by atoms with van der Waals surface area (Å²) in [5.74, 6) is 0. The Labute approximate surface area is 121 Å². The van der Waals surface area contributed by atoms with Gasteiger partial charge >= 0.3 is 0 Å². The highest BCUT2D eigenvalue weighted by molar-refractivity contribution is 7.15. The first-order chi connectivity index (χ1) is 9.88. The minimum atomic E-state index is 0.621. The highest BCUT2D eigenvalue weighted by Gasteiger charge is 2.13. The summed E-state index contributed by atoms with van der Waals surface area (Å²) in [7, 11) is 0. The predicted octanol–water partition coefficient (Wildman–Crippen LogP) is 2.77. The van der Waals surface area contributed by atoms with Crippen LogP contribution in [0.15, 0.2) is 49.1 Å². The van der Waals surface area contributed by atoms with E-state index in [1.807, 2.05) is 24.3 Å². The monoisotopic (exact) mass is 282 g/mol. The van der Waals surface area contributed by atoms with Gasteiger partial charge in [-0.3, -0.25) is 9.97 Å². The van der Waals surface area contributed by atoms with Crippen LogP contribution in [0, 0.1) is 0 Å². The van der Waals surface area contributed by atoms with E-state index in [2.05, 4.69) is 9.97 Å². The van der Waals surface area contributed by atoms with E-state index in [0.29, 0.717) is 6.54 Å². The summed E-state index contributed by atoms with van der Waals surface area (Å²) in [5.41, 5.74) is 8.89. The highest BCUT2D eigenvalue weighted by atomic mass is 32.1. The molecule has 0 bridgehead atoms. The van der Waals surface area contributed by atoms with E-state index >= 15 is 0 Å². The lowest BCUT2D eigenvalue weighted by atomic mass is 10.1. The molecule has 20 heavy (non-hydrogen) atoms. The maximum absolute atomic E-state index is 5.71. The van der Waals surface area contributed by atoms with E-state index in [9.17, 15) is 0 Å². The zero-order valence-electron chi connectivity index (χ0n) is 10.9. The minimum absolute atomic E-state index is 0.621. The lowest BCUT2D eigenvalue weighted by molar-refractivity contribution is 0.986. The van der Waals surface area contributed by atoms with Gasteiger partial charge in [0, 0.05) is 40.8 Å². The van der Waals surface area contributed by atoms with Crippen molar-refractivity contribution in [2.45, 2.75) is 6.42 Å². The number of rotatable bonds is 4. The fourth-order valence-corrected chi connectivity index (χ4v) is 3.11. The Hall–Kier alpha value is -2.11. The van der Waals surface area contributed by atoms with Crippen molar-refractivity contribution in [3.63, 3.8) is 0 Å². The topological polar surface area (TPSA) is 64.7 Å². The van der Waals surface area contributed by atoms with E-state index < -0.39 is 0 Å². The Morgan fingerprint density at radius 1 is 0.900 bits per heavy atom. The normalized spacial score (nSPS) is 10.7. The molecule has 0 aromatic carbocycles. The molecule has 2 N–H and O–H groups in total. The van der Waals surface area contributed by atoms with Crippen LogP contribution in [-0.4, -0.2) is 21.5 Å². The Balaban J connectivity index is 2.08. The van der Waals surface area contributed by atoms with Crippen LogP contribution in [0.5, 0.6) is 0 Å². The molecule has 0 unspecified atom stereocenters. The van der Waals surface area contributed by atoms with Crippen molar-refractivity contribution in [3.05, 3.63) is 53.9 Å². The van der Waals surface area contributed by atoms with Gasteiger partial charge in [-0.1, -0.05) is 0 Å². The van der Waals surface area contributed by atoms with Crippen molar-refractivity contribution in [2.75, 3.05) is 6.54 Å². The van der Waals surface area contributed by atoms with Crippen LogP contribution < -0.4 is 5.73 Å². The van der Waals surface area contributed by atoms with E-state index in [0.717, 1.165) is 28.2 Å². The molecule has 0 saturated carbocycles. The number of nitrogens with zero attached hydrogens (tertiary/aromatic N) is 3. The Bertz CT molecular complexity index is 680. The highest BCUT2D eigenvalue weighted by Crippen LogP contribution is 2.33. The molecule has 3 aromatic heterocycles. The fraction of sp³-hybridized carbons (Fsp3) is 0.133. The van der Waals surface area contributed by atoms with E-state index in [-0.39, 0.29) is 0 Å². The maximum Gasteiger partial charge on any atom is 0.124 e. The van der Waals surface area contributed by atoms with E-state index in [1.165, 1.54) is 4.88 Å². The van der Waals surface area contributed by atoms with Crippen molar-refractivity contribution < 1.29 is 0 Å². The van der Waals surface area contributed by atoms with Crippen LogP contribution >= 0.6 is 11.3 Å². The van der Waals surface area contributed by atoms with E-state index in [4.69, 9.17) is 10.7 Å². The summed E-state index contributed by atoms with van der Waals surface area (Å²) >= 11 is 1.69. The Kier molecular flexibility index (Phi) is 3.80. The number of aromatic nitrogens is 3. The van der Waals surface area contributed by atoms with E-state index in [1.54, 1.807) is 36.1 Å². The molecule has 3 rings (SSSR count). The second-order valence-electron chi connectivity index (χ2n) is 4.30. The van der Waals surface area contributed by atoms with Crippen LogP contribution in [0.3, 0.4) is 0 Å². The average molecular weight is 282 g/mol. The molecular weight excluding hydrogens is 268 g/mol. The second-order valence-corrected chi connectivity index (χ2v) is 5.38. The molecule has 0 fully saturated rings. The zero-order chi connectivity index (χ0) is 13.8. The van der Waals surface area contributed by atoms with Gasteiger partial charge in [0.2, 0.25) is 0 Å². The van der Waals surface area contributed by atoms with Crippen molar-refractivity contribution in [2.24, 2.45) is 5.73 Å². The minimum Gasteiger partial charge on any atom is -0.330 e. The van der Waals surface area contributed by atoms with Crippen molar-refractivity contribution in [1.82, 2.24) is 15.0 Å². The van der Waals surface area contributed by atoms with Gasteiger partial charge in [-0.15, -0.1) is 11.3 Å². The van der Waals surface area contributed by atoms with Gasteiger partial charge in [0.15, 0.2) is 0 Å². The van der Waals surface area contributed by atoms with Crippen molar-refractivity contribution >= 4 is 11.3 Å². The van der Waals surface area contributed by atoms with Gasteiger partial charge in [0.25, 0.3) is 0 Å². The number of hydrogen-bond acceptors (Lipinski definition) is 5. The van der Waals surface area contributed by atoms with Gasteiger partial charge in [0.1, 0.15) is 5.01 Å². The summed E-state index contributed by atoms with van der Waals surface area (Å²) in [6.07, 6.45) is 7.97. The molecule has 0 aliphatic heterocycles. The van der Waals surface area contributed by atoms with Gasteiger partial charge < -0.3 is 5.73 Å². The Morgan fingerprint density at radius 3 is 2.10 bits per heavy atom. The first-order valence-electron chi connectivity index (χ1n) is 6.39. The Morgan fingerprint density at radius 2 is 1.50 bits per heavy atom. The van der Waals surface area contributed by atoms with Crippen molar-refractivity contribution in [3.8, 4) is 21.8 Å². The molecule has 0 aliphatic rings. The molecule has 3 heterocycles. The summed E-state index contributed by atoms with van der Waals surface area (Å²) < 4.78 is 0. The molecule has 0 saturated heterocycles. The van der Waals surface area contributed by atoms with Gasteiger partial charge in [-0.25, -0.2) is 4.98 Å². The van der Waals surface area contributed by atoms with Gasteiger partial charge in [-0.05, 0) is 37.2 Å². The molecular formula is C15H14N4S. The predicted molar refractivity (Wildman–Crippen MR) is 81.3 cm³/mol. The molecule has 0 amide bonds. The summed E-state index contributed by atoms with van der Waals surface area (Å²) in [5, 5.41) is 1.00. The van der Waals surface area contributed by atoms with Gasteiger partial charge in [0.05, 0.1) is 5.69 Å². The third-order valence-corrected chi connectivity index (χ3v) is 4.11. The molecule has 0 radical (unpaired) electrons. The van der Waals surface area contributed by atoms with Crippen LogP contribution in [0.4, 0.5) is 0 Å². The SMILES string of the molecule is NCCc1sc(-c2ccncc2)nc1-c1ccncc1. The fourth-order valence-electron chi connectivity index (χ4n) is 2.01. The molecule has 0 spiro atoms. The third kappa shape index (κ3) is 2.59. The molecule has 3 aromatic rings.